The van der Waals surface area contributed by atoms with E-state index in [1.165, 1.54) is 0 Å². The van der Waals surface area contributed by atoms with Crippen molar-refractivity contribution < 1.29 is 14.3 Å². The monoisotopic (exact) mass is 297 g/mol. The van der Waals surface area contributed by atoms with Crippen LogP contribution in [0.3, 0.4) is 0 Å². The molecule has 0 spiro atoms. The van der Waals surface area contributed by atoms with Crippen LogP contribution in [0, 0.1) is 0 Å². The minimum Gasteiger partial charge on any atom is -0.497 e. The van der Waals surface area contributed by atoms with Crippen LogP contribution in [0.5, 0.6) is 11.5 Å². The molecule has 0 aliphatic heterocycles. The maximum absolute atomic E-state index is 11.9. The number of ether oxygens (including phenoxy) is 2. The average Bonchev–Trinajstić information content (AvgIpc) is 2.95. The molecule has 0 aliphatic carbocycles. The Balaban J connectivity index is 1.60. The van der Waals surface area contributed by atoms with Gasteiger partial charge in [-0.25, -0.2) is 4.98 Å². The number of carbonyl (C=O) groups is 1. The van der Waals surface area contributed by atoms with Gasteiger partial charge in [0.05, 0.1) is 18.1 Å². The van der Waals surface area contributed by atoms with E-state index < -0.39 is 0 Å². The van der Waals surface area contributed by atoms with Gasteiger partial charge in [-0.3, -0.25) is 10.1 Å². The summed E-state index contributed by atoms with van der Waals surface area (Å²) in [6, 6.07) is 14.6. The first-order chi connectivity index (χ1) is 10.7. The van der Waals surface area contributed by atoms with E-state index in [-0.39, 0.29) is 12.5 Å². The van der Waals surface area contributed by atoms with Crippen LogP contribution in [0.15, 0.2) is 48.5 Å². The van der Waals surface area contributed by atoms with Crippen LogP contribution >= 0.6 is 0 Å². The van der Waals surface area contributed by atoms with Gasteiger partial charge < -0.3 is 14.5 Å². The van der Waals surface area contributed by atoms with E-state index in [0.29, 0.717) is 17.4 Å². The molecule has 22 heavy (non-hydrogen) atoms. The summed E-state index contributed by atoms with van der Waals surface area (Å²) in [5, 5.41) is 2.67. The lowest BCUT2D eigenvalue weighted by Gasteiger charge is -2.07. The molecule has 3 aromatic rings. The van der Waals surface area contributed by atoms with Gasteiger partial charge in [0.15, 0.2) is 6.61 Å². The lowest BCUT2D eigenvalue weighted by Crippen LogP contribution is -2.20. The number of H-pyrrole nitrogens is 1. The van der Waals surface area contributed by atoms with Crippen molar-refractivity contribution in [2.45, 2.75) is 0 Å². The molecule has 2 aromatic carbocycles. The van der Waals surface area contributed by atoms with Crippen LogP contribution in [0.4, 0.5) is 5.95 Å². The van der Waals surface area contributed by atoms with Crippen LogP contribution < -0.4 is 14.8 Å². The number of fused-ring (bicyclic) bond motifs is 1. The Bertz CT molecular complexity index is 765. The third kappa shape index (κ3) is 3.17. The number of para-hydroxylation sites is 2. The van der Waals surface area contributed by atoms with Gasteiger partial charge in [0.1, 0.15) is 11.5 Å². The highest BCUT2D eigenvalue weighted by atomic mass is 16.5. The molecule has 0 saturated heterocycles. The van der Waals surface area contributed by atoms with Gasteiger partial charge >= 0.3 is 0 Å². The summed E-state index contributed by atoms with van der Waals surface area (Å²) in [4.78, 5) is 19.2. The van der Waals surface area contributed by atoms with Gasteiger partial charge in [-0.15, -0.1) is 0 Å². The minimum absolute atomic E-state index is 0.107. The highest BCUT2D eigenvalue weighted by molar-refractivity contribution is 5.92. The predicted octanol–water partition coefficient (Wildman–Crippen LogP) is 2.59. The first kappa shape index (κ1) is 13.9. The fraction of sp³-hybridized carbons (Fsp3) is 0.125. The van der Waals surface area contributed by atoms with Crippen molar-refractivity contribution in [3.8, 4) is 11.5 Å². The molecule has 0 radical (unpaired) electrons. The first-order valence-electron chi connectivity index (χ1n) is 6.76. The average molecular weight is 297 g/mol. The number of carbonyl (C=O) groups excluding carboxylic acids is 1. The maximum Gasteiger partial charge on any atom is 0.264 e. The van der Waals surface area contributed by atoms with E-state index in [1.807, 2.05) is 24.3 Å². The van der Waals surface area contributed by atoms with Crippen LogP contribution in [-0.4, -0.2) is 29.6 Å². The number of methoxy groups -OCH3 is 1. The van der Waals surface area contributed by atoms with Crippen LogP contribution in [0.25, 0.3) is 11.0 Å². The standard InChI is InChI=1S/C16H15N3O3/c1-21-11-5-4-6-12(9-11)22-10-15(20)19-16-17-13-7-2-3-8-14(13)18-16/h2-9H,10H2,1H3,(H2,17,18,19,20). The minimum atomic E-state index is -0.290. The summed E-state index contributed by atoms with van der Waals surface area (Å²) in [5.41, 5.74) is 1.66. The number of amides is 1. The van der Waals surface area contributed by atoms with E-state index >= 15 is 0 Å². The summed E-state index contributed by atoms with van der Waals surface area (Å²) in [6.07, 6.45) is 0. The molecule has 0 fully saturated rings. The van der Waals surface area contributed by atoms with E-state index in [2.05, 4.69) is 15.3 Å². The third-order valence-corrected chi connectivity index (χ3v) is 3.06. The molecule has 0 bridgehead atoms. The quantitative estimate of drug-likeness (QED) is 0.759. The molecule has 1 amide bonds. The molecule has 2 N–H and O–H groups in total. The molecular formula is C16H15N3O3. The number of nitrogens with zero attached hydrogens (tertiary/aromatic N) is 1. The Labute approximate surface area is 127 Å². The van der Waals surface area contributed by atoms with Crippen molar-refractivity contribution >= 4 is 22.9 Å². The number of imidazole rings is 1. The van der Waals surface area contributed by atoms with Gasteiger partial charge in [0.25, 0.3) is 5.91 Å². The number of aromatic amines is 1. The highest BCUT2D eigenvalue weighted by Crippen LogP contribution is 2.19. The lowest BCUT2D eigenvalue weighted by molar-refractivity contribution is -0.118. The van der Waals surface area contributed by atoms with Crippen LogP contribution in [0.1, 0.15) is 0 Å². The fourth-order valence-corrected chi connectivity index (χ4v) is 2.02. The summed E-state index contributed by atoms with van der Waals surface area (Å²) >= 11 is 0. The zero-order chi connectivity index (χ0) is 15.4. The van der Waals surface area contributed by atoms with Gasteiger partial charge in [0.2, 0.25) is 5.95 Å². The van der Waals surface area contributed by atoms with Crippen molar-refractivity contribution in [1.29, 1.82) is 0 Å². The number of nitrogens with one attached hydrogen (secondary N) is 2. The molecule has 0 unspecified atom stereocenters. The third-order valence-electron chi connectivity index (χ3n) is 3.06. The maximum atomic E-state index is 11.9. The Kier molecular flexibility index (Phi) is 3.91. The smallest absolute Gasteiger partial charge is 0.264 e. The number of hydrogen-bond donors (Lipinski definition) is 2. The number of rotatable bonds is 5. The van der Waals surface area contributed by atoms with Crippen molar-refractivity contribution in [2.75, 3.05) is 19.0 Å². The lowest BCUT2D eigenvalue weighted by atomic mass is 10.3. The predicted molar refractivity (Wildman–Crippen MR) is 83.2 cm³/mol. The highest BCUT2D eigenvalue weighted by Gasteiger charge is 2.07. The summed E-state index contributed by atoms with van der Waals surface area (Å²) in [7, 11) is 1.58. The van der Waals surface area contributed by atoms with E-state index in [4.69, 9.17) is 9.47 Å². The second-order valence-corrected chi connectivity index (χ2v) is 4.62. The topological polar surface area (TPSA) is 76.2 Å². The molecular weight excluding hydrogens is 282 g/mol. The molecule has 0 aliphatic rings. The van der Waals surface area contributed by atoms with E-state index in [0.717, 1.165) is 11.0 Å². The number of anilines is 1. The summed E-state index contributed by atoms with van der Waals surface area (Å²) in [5.74, 6) is 1.36. The first-order valence-corrected chi connectivity index (χ1v) is 6.76. The number of benzene rings is 2. The van der Waals surface area contributed by atoms with Gasteiger partial charge in [-0.1, -0.05) is 18.2 Å². The molecule has 112 valence electrons. The van der Waals surface area contributed by atoms with Crippen molar-refractivity contribution in [3.05, 3.63) is 48.5 Å². The van der Waals surface area contributed by atoms with Crippen molar-refractivity contribution in [3.63, 3.8) is 0 Å². The molecule has 6 nitrogen and oxygen atoms in total. The summed E-state index contributed by atoms with van der Waals surface area (Å²) < 4.78 is 10.5. The normalized spacial score (nSPS) is 10.4. The molecule has 0 atom stereocenters. The van der Waals surface area contributed by atoms with Crippen molar-refractivity contribution in [2.24, 2.45) is 0 Å². The van der Waals surface area contributed by atoms with E-state index in [9.17, 15) is 4.79 Å². The zero-order valence-corrected chi connectivity index (χ0v) is 12.0. The van der Waals surface area contributed by atoms with Crippen LogP contribution in [-0.2, 0) is 4.79 Å². The Hall–Kier alpha value is -3.02. The number of hydrogen-bond acceptors (Lipinski definition) is 4. The number of aromatic nitrogens is 2. The largest absolute Gasteiger partial charge is 0.497 e. The van der Waals surface area contributed by atoms with Gasteiger partial charge in [0, 0.05) is 6.07 Å². The Morgan fingerprint density at radius 3 is 2.82 bits per heavy atom. The Morgan fingerprint density at radius 2 is 2.00 bits per heavy atom. The van der Waals surface area contributed by atoms with Gasteiger partial charge in [-0.05, 0) is 24.3 Å². The molecule has 1 heterocycles. The van der Waals surface area contributed by atoms with Crippen molar-refractivity contribution in [1.82, 2.24) is 9.97 Å². The zero-order valence-electron chi connectivity index (χ0n) is 12.0. The van der Waals surface area contributed by atoms with Crippen LogP contribution in [0.2, 0.25) is 0 Å². The Morgan fingerprint density at radius 1 is 1.18 bits per heavy atom. The second kappa shape index (κ2) is 6.17. The van der Waals surface area contributed by atoms with E-state index in [1.54, 1.807) is 31.4 Å². The fourth-order valence-electron chi connectivity index (χ4n) is 2.02. The SMILES string of the molecule is COc1cccc(OCC(=O)Nc2nc3ccccc3[nH]2)c1. The molecule has 6 heteroatoms. The summed E-state index contributed by atoms with van der Waals surface area (Å²) in [6.45, 7) is -0.107. The second-order valence-electron chi connectivity index (χ2n) is 4.62. The molecule has 3 rings (SSSR count). The molecule has 1 aromatic heterocycles. The molecule has 0 saturated carbocycles. The van der Waals surface area contributed by atoms with Gasteiger partial charge in [-0.2, -0.15) is 0 Å².